The molecule has 0 saturated heterocycles. The zero-order chi connectivity index (χ0) is 16.2. The number of benzene rings is 2. The van der Waals surface area contributed by atoms with Gasteiger partial charge >= 0.3 is 0 Å². The molecule has 0 saturated carbocycles. The first-order chi connectivity index (χ1) is 11.2. The van der Waals surface area contributed by atoms with Crippen molar-refractivity contribution in [3.8, 4) is 0 Å². The average molecular weight is 327 g/mol. The molecular weight excluding hydrogens is 308 g/mol. The summed E-state index contributed by atoms with van der Waals surface area (Å²) in [6, 6.07) is 15.5. The Morgan fingerprint density at radius 3 is 2.74 bits per heavy atom. The van der Waals surface area contributed by atoms with Crippen molar-refractivity contribution in [1.82, 2.24) is 10.6 Å². The Labute approximate surface area is 141 Å². The van der Waals surface area contributed by atoms with Gasteiger partial charge in [0.05, 0.1) is 11.6 Å². The fourth-order valence-electron chi connectivity index (χ4n) is 2.86. The second-order valence-electron chi connectivity index (χ2n) is 5.55. The zero-order valence-electron chi connectivity index (χ0n) is 13.0. The summed E-state index contributed by atoms with van der Waals surface area (Å²) < 4.78 is 0. The van der Waals surface area contributed by atoms with Gasteiger partial charge in [-0.2, -0.15) is 0 Å². The molecule has 1 atom stereocenters. The molecule has 118 valence electrons. The van der Waals surface area contributed by atoms with E-state index in [2.05, 4.69) is 10.6 Å². The number of carbonyl (C=O) groups excluding carboxylic acids is 1. The van der Waals surface area contributed by atoms with E-state index >= 15 is 0 Å². The molecule has 0 fully saturated rings. The molecule has 0 aromatic heterocycles. The Bertz CT molecular complexity index is 755. The fourth-order valence-corrected chi connectivity index (χ4v) is 3.13. The van der Waals surface area contributed by atoms with Gasteiger partial charge in [0.25, 0.3) is 5.91 Å². The maximum atomic E-state index is 12.8. The number of hydrogen-bond donors (Lipinski definition) is 2. The van der Waals surface area contributed by atoms with Crippen molar-refractivity contribution in [2.75, 3.05) is 0 Å². The Balaban J connectivity index is 1.84. The minimum absolute atomic E-state index is 0.0866. The van der Waals surface area contributed by atoms with Crippen molar-refractivity contribution in [1.29, 1.82) is 0 Å². The topological polar surface area (TPSA) is 41.1 Å². The molecule has 2 aromatic rings. The quantitative estimate of drug-likeness (QED) is 0.890. The van der Waals surface area contributed by atoms with Gasteiger partial charge in [0.1, 0.15) is 0 Å². The van der Waals surface area contributed by atoms with Crippen LogP contribution in [-0.4, -0.2) is 5.91 Å². The van der Waals surface area contributed by atoms with Gasteiger partial charge in [0.15, 0.2) is 0 Å². The van der Waals surface area contributed by atoms with Crippen LogP contribution in [0.25, 0.3) is 5.57 Å². The van der Waals surface area contributed by atoms with E-state index in [4.69, 9.17) is 11.6 Å². The Hall–Kier alpha value is -2.26. The number of amides is 1. The number of carbonyl (C=O) groups is 1. The van der Waals surface area contributed by atoms with Crippen molar-refractivity contribution in [3.05, 3.63) is 76.4 Å². The molecule has 3 rings (SSSR count). The summed E-state index contributed by atoms with van der Waals surface area (Å²) in [6.45, 7) is 2.78. The summed E-state index contributed by atoms with van der Waals surface area (Å²) in [5.41, 5.74) is 3.73. The van der Waals surface area contributed by atoms with Gasteiger partial charge in [0.2, 0.25) is 0 Å². The second kappa shape index (κ2) is 6.88. The van der Waals surface area contributed by atoms with Crippen molar-refractivity contribution in [2.45, 2.75) is 25.9 Å². The first kappa shape index (κ1) is 15.6. The lowest BCUT2D eigenvalue weighted by Crippen LogP contribution is -2.31. The Morgan fingerprint density at radius 1 is 1.22 bits per heavy atom. The lowest BCUT2D eigenvalue weighted by molar-refractivity contribution is -0.116. The maximum Gasteiger partial charge on any atom is 0.253 e. The standard InChI is InChI=1S/C19H19ClN2O/c1-2-18(15-9-5-6-10-17(15)20)22-19(23)16-12-21-11-13-7-3-4-8-14(13)16/h3-10,12,18,21H,2,11H2,1H3,(H,22,23)/t18-/m0/s1. The molecule has 4 heteroatoms. The van der Waals surface area contributed by atoms with Gasteiger partial charge < -0.3 is 10.6 Å². The molecule has 23 heavy (non-hydrogen) atoms. The normalized spacial score (nSPS) is 14.3. The number of nitrogens with one attached hydrogen (secondary N) is 2. The summed E-state index contributed by atoms with van der Waals surface area (Å²) >= 11 is 6.27. The highest BCUT2D eigenvalue weighted by Crippen LogP contribution is 2.27. The molecule has 2 N–H and O–H groups in total. The molecule has 1 heterocycles. The molecule has 1 amide bonds. The predicted octanol–water partition coefficient (Wildman–Crippen LogP) is 4.05. The third-order valence-electron chi connectivity index (χ3n) is 4.09. The maximum absolute atomic E-state index is 12.8. The molecule has 0 aliphatic carbocycles. The van der Waals surface area contributed by atoms with Crippen LogP contribution < -0.4 is 10.6 Å². The van der Waals surface area contributed by atoms with Crippen LogP contribution in [0, 0.1) is 0 Å². The Morgan fingerprint density at radius 2 is 1.96 bits per heavy atom. The minimum atomic E-state index is -0.105. The lowest BCUT2D eigenvalue weighted by atomic mass is 9.96. The second-order valence-corrected chi connectivity index (χ2v) is 5.96. The average Bonchev–Trinajstić information content (AvgIpc) is 2.59. The van der Waals surface area contributed by atoms with Crippen LogP contribution in [0.15, 0.2) is 54.7 Å². The zero-order valence-corrected chi connectivity index (χ0v) is 13.7. The predicted molar refractivity (Wildman–Crippen MR) is 93.9 cm³/mol. The summed E-state index contributed by atoms with van der Waals surface area (Å²) in [5, 5.41) is 6.94. The number of rotatable bonds is 4. The van der Waals surface area contributed by atoms with Crippen LogP contribution in [0.5, 0.6) is 0 Å². The molecule has 0 bridgehead atoms. The van der Waals surface area contributed by atoms with E-state index in [0.717, 1.165) is 29.7 Å². The van der Waals surface area contributed by atoms with Crippen LogP contribution in [0.4, 0.5) is 0 Å². The van der Waals surface area contributed by atoms with E-state index in [0.29, 0.717) is 10.6 Å². The largest absolute Gasteiger partial charge is 0.386 e. The number of halogens is 1. The molecule has 2 aromatic carbocycles. The van der Waals surface area contributed by atoms with E-state index in [9.17, 15) is 4.79 Å². The Kier molecular flexibility index (Phi) is 4.68. The van der Waals surface area contributed by atoms with Crippen LogP contribution >= 0.6 is 11.6 Å². The number of hydrogen-bond acceptors (Lipinski definition) is 2. The smallest absolute Gasteiger partial charge is 0.253 e. The molecular formula is C19H19ClN2O. The van der Waals surface area contributed by atoms with Gasteiger partial charge in [-0.1, -0.05) is 61.0 Å². The summed E-state index contributed by atoms with van der Waals surface area (Å²) in [6.07, 6.45) is 2.56. The van der Waals surface area contributed by atoms with Crippen molar-refractivity contribution in [3.63, 3.8) is 0 Å². The monoisotopic (exact) mass is 326 g/mol. The SMILES string of the molecule is CC[C@H](NC(=O)C1=CNCc2ccccc21)c1ccccc1Cl. The van der Waals surface area contributed by atoms with Gasteiger partial charge in [-0.3, -0.25) is 4.79 Å². The molecule has 0 unspecified atom stereocenters. The number of fused-ring (bicyclic) bond motifs is 1. The highest BCUT2D eigenvalue weighted by Gasteiger charge is 2.22. The van der Waals surface area contributed by atoms with E-state index < -0.39 is 0 Å². The highest BCUT2D eigenvalue weighted by atomic mass is 35.5. The van der Waals surface area contributed by atoms with Gasteiger partial charge in [-0.05, 0) is 29.2 Å². The van der Waals surface area contributed by atoms with E-state index in [1.807, 2.05) is 55.5 Å². The lowest BCUT2D eigenvalue weighted by Gasteiger charge is -2.22. The molecule has 0 spiro atoms. The summed E-state index contributed by atoms with van der Waals surface area (Å²) in [7, 11) is 0. The third kappa shape index (κ3) is 3.25. The molecule has 1 aliphatic heterocycles. The fraction of sp³-hybridized carbons (Fsp3) is 0.211. The van der Waals surface area contributed by atoms with Crippen LogP contribution in [0.3, 0.4) is 0 Å². The first-order valence-corrected chi connectivity index (χ1v) is 8.15. The van der Waals surface area contributed by atoms with E-state index in [-0.39, 0.29) is 11.9 Å². The highest BCUT2D eigenvalue weighted by molar-refractivity contribution is 6.31. The van der Waals surface area contributed by atoms with Crippen LogP contribution in [0.2, 0.25) is 5.02 Å². The molecule has 3 nitrogen and oxygen atoms in total. The first-order valence-electron chi connectivity index (χ1n) is 7.77. The summed E-state index contributed by atoms with van der Waals surface area (Å²) in [5.74, 6) is -0.0866. The van der Waals surface area contributed by atoms with Crippen molar-refractivity contribution < 1.29 is 4.79 Å². The minimum Gasteiger partial charge on any atom is -0.386 e. The van der Waals surface area contributed by atoms with Gasteiger partial charge in [-0.15, -0.1) is 0 Å². The van der Waals surface area contributed by atoms with Crippen LogP contribution in [0.1, 0.15) is 36.1 Å². The van der Waals surface area contributed by atoms with Crippen LogP contribution in [-0.2, 0) is 11.3 Å². The molecule has 1 aliphatic rings. The summed E-state index contributed by atoms with van der Waals surface area (Å²) in [4.78, 5) is 12.8. The van der Waals surface area contributed by atoms with Crippen molar-refractivity contribution in [2.24, 2.45) is 0 Å². The van der Waals surface area contributed by atoms with E-state index in [1.165, 1.54) is 0 Å². The van der Waals surface area contributed by atoms with Gasteiger partial charge in [-0.25, -0.2) is 0 Å². The molecule has 0 radical (unpaired) electrons. The van der Waals surface area contributed by atoms with Crippen molar-refractivity contribution >= 4 is 23.1 Å². The van der Waals surface area contributed by atoms with Gasteiger partial charge in [0, 0.05) is 17.8 Å². The third-order valence-corrected chi connectivity index (χ3v) is 4.43. The van der Waals surface area contributed by atoms with E-state index in [1.54, 1.807) is 6.20 Å².